The Morgan fingerprint density at radius 3 is 2.32 bits per heavy atom. The molecular formula is C22H21ClN2O5S. The number of hydrogen-bond acceptors (Lipinski definition) is 6. The van der Waals surface area contributed by atoms with E-state index in [1.807, 2.05) is 32.0 Å². The van der Waals surface area contributed by atoms with Crippen LogP contribution in [0, 0.1) is 13.8 Å². The summed E-state index contributed by atoms with van der Waals surface area (Å²) >= 11 is 11.2. The number of hydrogen-bond donors (Lipinski definition) is 2. The lowest BCUT2D eigenvalue weighted by Gasteiger charge is -2.17. The van der Waals surface area contributed by atoms with Crippen LogP contribution in [0.4, 0.5) is 0 Å². The predicted molar refractivity (Wildman–Crippen MR) is 122 cm³/mol. The van der Waals surface area contributed by atoms with Gasteiger partial charge in [-0.05, 0) is 61.5 Å². The summed E-state index contributed by atoms with van der Waals surface area (Å²) in [6.45, 7) is 4.56. The van der Waals surface area contributed by atoms with E-state index in [0.29, 0.717) is 23.7 Å². The highest BCUT2D eigenvalue weighted by Gasteiger charge is 2.26. The van der Waals surface area contributed by atoms with Crippen molar-refractivity contribution in [2.45, 2.75) is 13.8 Å². The number of thiocarbonyl (C=S) groups is 1. The molecule has 1 heterocycles. The fourth-order valence-corrected chi connectivity index (χ4v) is 3.45. The first kappa shape index (κ1) is 22.6. The quantitative estimate of drug-likeness (QED) is 0.285. The van der Waals surface area contributed by atoms with E-state index < -0.39 is 11.8 Å². The van der Waals surface area contributed by atoms with Crippen LogP contribution in [0.2, 0.25) is 5.02 Å². The minimum absolute atomic E-state index is 0.0328. The minimum atomic E-state index is -0.590. The van der Waals surface area contributed by atoms with Crippen molar-refractivity contribution < 1.29 is 23.8 Å². The van der Waals surface area contributed by atoms with Gasteiger partial charge in [0.1, 0.15) is 24.5 Å². The lowest BCUT2D eigenvalue weighted by molar-refractivity contribution is -0.123. The molecule has 31 heavy (non-hydrogen) atoms. The molecule has 2 aromatic carbocycles. The number of nitrogens with one attached hydrogen (secondary N) is 2. The average Bonchev–Trinajstić information content (AvgIpc) is 2.70. The Kier molecular flexibility index (Phi) is 7.14. The topological polar surface area (TPSA) is 85.9 Å². The highest BCUT2D eigenvalue weighted by molar-refractivity contribution is 7.80. The number of carbonyl (C=O) groups is 2. The van der Waals surface area contributed by atoms with Crippen LogP contribution in [0.25, 0.3) is 6.08 Å². The molecule has 0 aliphatic carbocycles. The fourth-order valence-electron chi connectivity index (χ4n) is 2.99. The van der Waals surface area contributed by atoms with Crippen LogP contribution >= 0.6 is 23.8 Å². The SMILES string of the molecule is COc1cc(C=C2C(=O)NC(=S)NC2=O)cc(Cl)c1OCCOc1ccc(C)cc1C. The summed E-state index contributed by atoms with van der Waals surface area (Å²) in [6, 6.07) is 9.14. The molecule has 1 saturated heterocycles. The van der Waals surface area contributed by atoms with E-state index in [2.05, 4.69) is 10.6 Å². The molecule has 1 aliphatic heterocycles. The third-order valence-electron chi connectivity index (χ3n) is 4.42. The molecule has 0 aromatic heterocycles. The number of aryl methyl sites for hydroxylation is 2. The number of carbonyl (C=O) groups excluding carboxylic acids is 2. The van der Waals surface area contributed by atoms with Crippen LogP contribution in [-0.4, -0.2) is 37.3 Å². The first-order valence-electron chi connectivity index (χ1n) is 9.37. The maximum absolute atomic E-state index is 12.0. The first-order valence-corrected chi connectivity index (χ1v) is 10.2. The van der Waals surface area contributed by atoms with Gasteiger partial charge in [0.05, 0.1) is 12.1 Å². The largest absolute Gasteiger partial charge is 0.493 e. The summed E-state index contributed by atoms with van der Waals surface area (Å²) in [6.07, 6.45) is 1.40. The van der Waals surface area contributed by atoms with Gasteiger partial charge in [-0.1, -0.05) is 29.3 Å². The Morgan fingerprint density at radius 1 is 1.00 bits per heavy atom. The summed E-state index contributed by atoms with van der Waals surface area (Å²) in [4.78, 5) is 24.1. The monoisotopic (exact) mass is 460 g/mol. The maximum atomic E-state index is 12.0. The Morgan fingerprint density at radius 2 is 1.68 bits per heavy atom. The van der Waals surface area contributed by atoms with Gasteiger partial charge in [0.25, 0.3) is 11.8 Å². The highest BCUT2D eigenvalue weighted by Crippen LogP contribution is 2.37. The van der Waals surface area contributed by atoms with E-state index in [1.54, 1.807) is 12.1 Å². The number of ether oxygens (including phenoxy) is 3. The molecule has 1 aliphatic rings. The van der Waals surface area contributed by atoms with E-state index >= 15 is 0 Å². The third kappa shape index (κ3) is 5.53. The van der Waals surface area contributed by atoms with Crippen molar-refractivity contribution in [1.29, 1.82) is 0 Å². The van der Waals surface area contributed by atoms with Crippen molar-refractivity contribution >= 4 is 46.8 Å². The predicted octanol–water partition coefficient (Wildman–Crippen LogP) is 3.34. The number of benzene rings is 2. The number of amides is 2. The Balaban J connectivity index is 1.71. The third-order valence-corrected chi connectivity index (χ3v) is 4.91. The second-order valence-electron chi connectivity index (χ2n) is 6.80. The summed E-state index contributed by atoms with van der Waals surface area (Å²) in [7, 11) is 1.47. The van der Waals surface area contributed by atoms with Crippen molar-refractivity contribution in [3.8, 4) is 17.2 Å². The zero-order chi connectivity index (χ0) is 22.5. The van der Waals surface area contributed by atoms with Gasteiger partial charge in [-0.25, -0.2) is 0 Å². The van der Waals surface area contributed by atoms with Crippen LogP contribution in [-0.2, 0) is 9.59 Å². The summed E-state index contributed by atoms with van der Waals surface area (Å²) in [5, 5.41) is 4.99. The molecule has 2 amide bonds. The summed E-state index contributed by atoms with van der Waals surface area (Å²) in [5.41, 5.74) is 2.61. The van der Waals surface area contributed by atoms with Crippen molar-refractivity contribution in [2.75, 3.05) is 20.3 Å². The lowest BCUT2D eigenvalue weighted by atomic mass is 10.1. The van der Waals surface area contributed by atoms with E-state index in [0.717, 1.165) is 11.3 Å². The van der Waals surface area contributed by atoms with E-state index in [1.165, 1.54) is 18.7 Å². The fraction of sp³-hybridized carbons (Fsp3) is 0.227. The average molecular weight is 461 g/mol. The van der Waals surface area contributed by atoms with Crippen LogP contribution in [0.1, 0.15) is 16.7 Å². The van der Waals surface area contributed by atoms with Crippen molar-refractivity contribution in [3.05, 3.63) is 57.6 Å². The maximum Gasteiger partial charge on any atom is 0.263 e. The molecular weight excluding hydrogens is 440 g/mol. The van der Waals surface area contributed by atoms with E-state index in [4.69, 9.17) is 38.0 Å². The standard InChI is InChI=1S/C22H21ClN2O5S/c1-12-4-5-17(13(2)8-12)29-6-7-30-19-16(23)10-14(11-18(19)28-3)9-15-20(26)24-22(31)25-21(15)27/h4-5,8-11H,6-7H2,1-3H3,(H2,24,25,26,27,31). The molecule has 2 N–H and O–H groups in total. The van der Waals surface area contributed by atoms with Crippen LogP contribution in [0.5, 0.6) is 17.2 Å². The number of halogens is 1. The van der Waals surface area contributed by atoms with E-state index in [-0.39, 0.29) is 22.3 Å². The molecule has 2 aromatic rings. The summed E-state index contributed by atoms with van der Waals surface area (Å²) < 4.78 is 16.9. The highest BCUT2D eigenvalue weighted by atomic mass is 35.5. The van der Waals surface area contributed by atoms with Gasteiger partial charge in [0, 0.05) is 0 Å². The van der Waals surface area contributed by atoms with Gasteiger partial charge in [-0.3, -0.25) is 20.2 Å². The molecule has 3 rings (SSSR count). The van der Waals surface area contributed by atoms with E-state index in [9.17, 15) is 9.59 Å². The normalized spacial score (nSPS) is 13.4. The van der Waals surface area contributed by atoms with Crippen LogP contribution in [0.3, 0.4) is 0 Å². The van der Waals surface area contributed by atoms with Crippen LogP contribution < -0.4 is 24.8 Å². The number of methoxy groups -OCH3 is 1. The Labute approximate surface area is 190 Å². The molecule has 0 unspecified atom stereocenters. The van der Waals surface area contributed by atoms with Crippen molar-refractivity contribution in [2.24, 2.45) is 0 Å². The Hall–Kier alpha value is -3.10. The smallest absolute Gasteiger partial charge is 0.263 e. The second-order valence-corrected chi connectivity index (χ2v) is 7.61. The molecule has 9 heteroatoms. The molecule has 162 valence electrons. The van der Waals surface area contributed by atoms with Gasteiger partial charge < -0.3 is 14.2 Å². The molecule has 0 saturated carbocycles. The van der Waals surface area contributed by atoms with Crippen LogP contribution in [0.15, 0.2) is 35.9 Å². The first-order chi connectivity index (χ1) is 14.8. The zero-order valence-electron chi connectivity index (χ0n) is 17.2. The molecule has 0 spiro atoms. The second kappa shape index (κ2) is 9.80. The molecule has 0 atom stereocenters. The zero-order valence-corrected chi connectivity index (χ0v) is 18.8. The van der Waals surface area contributed by atoms with Gasteiger partial charge in [-0.15, -0.1) is 0 Å². The van der Waals surface area contributed by atoms with Gasteiger partial charge in [0.2, 0.25) is 0 Å². The van der Waals surface area contributed by atoms with Gasteiger partial charge >= 0.3 is 0 Å². The summed E-state index contributed by atoms with van der Waals surface area (Å²) in [5.74, 6) is 0.311. The van der Waals surface area contributed by atoms with Crippen molar-refractivity contribution in [1.82, 2.24) is 10.6 Å². The lowest BCUT2D eigenvalue weighted by Crippen LogP contribution is -2.51. The molecule has 7 nitrogen and oxygen atoms in total. The Bertz CT molecular complexity index is 1060. The molecule has 0 bridgehead atoms. The molecule has 1 fully saturated rings. The molecule has 0 radical (unpaired) electrons. The van der Waals surface area contributed by atoms with Crippen molar-refractivity contribution in [3.63, 3.8) is 0 Å². The van der Waals surface area contributed by atoms with Gasteiger partial charge in [0.15, 0.2) is 16.6 Å². The number of rotatable bonds is 7. The van der Waals surface area contributed by atoms with Gasteiger partial charge in [-0.2, -0.15) is 0 Å². The minimum Gasteiger partial charge on any atom is -0.493 e.